The van der Waals surface area contributed by atoms with Gasteiger partial charge in [-0.1, -0.05) is 374 Å². The Morgan fingerprint density at radius 2 is 0.472 bits per heavy atom. The van der Waals surface area contributed by atoms with Crippen LogP contribution in [0.15, 0.2) is 0 Å². The smallest absolute Gasteiger partial charge is 0.0272 e. The second-order valence-electron chi connectivity index (χ2n) is 39.9. The fourth-order valence-corrected chi connectivity index (χ4v) is 19.1. The molecule has 0 atom stereocenters. The van der Waals surface area contributed by atoms with Crippen LogP contribution in [0, 0.1) is 81.7 Å². The highest BCUT2D eigenvalue weighted by Crippen LogP contribution is 2.57. The fraction of sp³-hybridized carbons (Fsp3) is 1.00. The molecule has 8 aliphatic rings. The van der Waals surface area contributed by atoms with Crippen molar-refractivity contribution in [1.29, 1.82) is 0 Å². The van der Waals surface area contributed by atoms with Crippen molar-refractivity contribution >= 4 is 0 Å². The summed E-state index contributed by atoms with van der Waals surface area (Å²) in [5.41, 5.74) is 8.58. The van der Waals surface area contributed by atoms with Crippen LogP contribution in [0.25, 0.3) is 0 Å². The first kappa shape index (κ1) is 87.0. The second kappa shape index (κ2) is 38.2. The average Bonchev–Trinajstić information content (AvgIpc) is 2.72. The zero-order chi connectivity index (χ0) is 68.4. The Kier molecular flexibility index (Phi) is 37.4. The van der Waals surface area contributed by atoms with Crippen molar-refractivity contribution in [3.05, 3.63) is 0 Å². The Morgan fingerprint density at radius 1 is 0.258 bits per heavy atom. The molecule has 8 fully saturated rings. The Labute approximate surface area is 568 Å². The van der Waals surface area contributed by atoms with Gasteiger partial charge in [0.25, 0.3) is 0 Å². The van der Waals surface area contributed by atoms with Crippen LogP contribution >= 0.6 is 0 Å². The molecule has 8 aliphatic carbocycles. The average molecular weight is 1250 g/mol. The van der Waals surface area contributed by atoms with Crippen LogP contribution in [0.1, 0.15) is 490 Å². The molecule has 0 spiro atoms. The molecule has 534 valence electrons. The molecule has 0 bridgehead atoms. The molecule has 0 aromatic rings. The molecule has 0 aromatic carbocycles. The third kappa shape index (κ3) is 26.4. The minimum atomic E-state index is 0.507. The molecular formula is C89H178. The summed E-state index contributed by atoms with van der Waals surface area (Å²) in [5.74, 6) is 0.892. The lowest BCUT2D eigenvalue weighted by molar-refractivity contribution is 0.0206. The van der Waals surface area contributed by atoms with Gasteiger partial charge >= 0.3 is 0 Å². The van der Waals surface area contributed by atoms with Crippen molar-refractivity contribution in [2.75, 3.05) is 0 Å². The molecule has 0 saturated heterocycles. The van der Waals surface area contributed by atoms with Gasteiger partial charge in [-0.05, 0) is 197 Å². The maximum absolute atomic E-state index is 2.53. The molecule has 0 aliphatic heterocycles. The van der Waals surface area contributed by atoms with Gasteiger partial charge in [-0.2, -0.15) is 0 Å². The van der Waals surface area contributed by atoms with Crippen molar-refractivity contribution < 1.29 is 0 Å². The highest BCUT2D eigenvalue weighted by molar-refractivity contribution is 4.97. The number of unbranched alkanes of at least 4 members (excludes halogenated alkanes) is 1. The van der Waals surface area contributed by atoms with E-state index in [1.54, 1.807) is 0 Å². The van der Waals surface area contributed by atoms with Gasteiger partial charge in [0.15, 0.2) is 0 Å². The highest BCUT2D eigenvalue weighted by atomic mass is 14.5. The summed E-state index contributed by atoms with van der Waals surface area (Å²) in [7, 11) is 0. The summed E-state index contributed by atoms with van der Waals surface area (Å²) in [4.78, 5) is 0. The zero-order valence-electron chi connectivity index (χ0n) is 68.4. The van der Waals surface area contributed by atoms with Gasteiger partial charge in [0.05, 0.1) is 0 Å². The number of rotatable bonds is 15. The van der Waals surface area contributed by atoms with Gasteiger partial charge in [0, 0.05) is 0 Å². The van der Waals surface area contributed by atoms with Gasteiger partial charge in [-0.3, -0.25) is 0 Å². The molecule has 0 heteroatoms. The van der Waals surface area contributed by atoms with Crippen LogP contribution in [0.4, 0.5) is 0 Å². The summed E-state index contributed by atoms with van der Waals surface area (Å²) < 4.78 is 0. The fourth-order valence-electron chi connectivity index (χ4n) is 19.1. The molecule has 0 aromatic heterocycles. The molecule has 0 amide bonds. The summed E-state index contributed by atoms with van der Waals surface area (Å²) in [6, 6.07) is 0. The van der Waals surface area contributed by atoms with Crippen molar-refractivity contribution in [3.8, 4) is 0 Å². The minimum absolute atomic E-state index is 0.507. The monoisotopic (exact) mass is 1250 g/mol. The summed E-state index contributed by atoms with van der Waals surface area (Å²) in [6.45, 7) is 69.9. The third-order valence-electron chi connectivity index (χ3n) is 31.3. The van der Waals surface area contributed by atoms with Crippen LogP contribution in [0.5, 0.6) is 0 Å². The molecular weight excluding hydrogens is 1070 g/mol. The SMILES string of the molecule is CC(C)(C)C1(C)CCCC1.CC(C)(C)C1(C)CCCCC1.CC(C)CC1(C)CCCC1.CCC(C)(C)C1(C)CCCC1.CCC(C)(C)C1(C)CCCCC1.CCC(C)(CC)C1(C)CCCC1.CCC(C)(CC)C1(C)CCCCC1.CCCCC1(C)CCCC1. The van der Waals surface area contributed by atoms with Crippen LogP contribution < -0.4 is 0 Å². The van der Waals surface area contributed by atoms with E-state index in [1.807, 2.05) is 0 Å². The summed E-state index contributed by atoms with van der Waals surface area (Å²) >= 11 is 0. The van der Waals surface area contributed by atoms with Crippen molar-refractivity contribution in [3.63, 3.8) is 0 Å². The Balaban J connectivity index is 0.000000509. The topological polar surface area (TPSA) is 0 Å². The van der Waals surface area contributed by atoms with Crippen molar-refractivity contribution in [2.45, 2.75) is 490 Å². The molecule has 8 saturated carbocycles. The van der Waals surface area contributed by atoms with E-state index in [2.05, 4.69) is 201 Å². The Morgan fingerprint density at radius 3 is 0.674 bits per heavy atom. The Hall–Kier alpha value is 0. The first-order chi connectivity index (χ1) is 41.0. The lowest BCUT2D eigenvalue weighted by Crippen LogP contribution is -2.38. The van der Waals surface area contributed by atoms with Gasteiger partial charge in [0.1, 0.15) is 0 Å². The Bertz CT molecular complexity index is 1750. The van der Waals surface area contributed by atoms with Crippen LogP contribution in [0.3, 0.4) is 0 Å². The van der Waals surface area contributed by atoms with E-state index in [0.29, 0.717) is 70.4 Å². The first-order valence-electron chi connectivity index (χ1n) is 41.0. The number of hydrogen-bond acceptors (Lipinski definition) is 0. The van der Waals surface area contributed by atoms with E-state index in [4.69, 9.17) is 0 Å². The largest absolute Gasteiger partial charge is 0.0654 e. The summed E-state index contributed by atoms with van der Waals surface area (Å²) in [5, 5.41) is 0. The van der Waals surface area contributed by atoms with E-state index in [9.17, 15) is 0 Å². The molecule has 0 heterocycles. The van der Waals surface area contributed by atoms with E-state index >= 15 is 0 Å². The van der Waals surface area contributed by atoms with Crippen LogP contribution in [-0.4, -0.2) is 0 Å². The van der Waals surface area contributed by atoms with E-state index < -0.39 is 0 Å². The summed E-state index contributed by atoms with van der Waals surface area (Å²) in [6.07, 6.45) is 65.0. The van der Waals surface area contributed by atoms with Crippen molar-refractivity contribution in [2.24, 2.45) is 81.7 Å². The maximum atomic E-state index is 2.53. The second-order valence-corrected chi connectivity index (χ2v) is 39.9. The molecule has 0 radical (unpaired) electrons. The molecule has 8 rings (SSSR count). The van der Waals surface area contributed by atoms with E-state index in [1.165, 1.54) is 289 Å². The quantitative estimate of drug-likeness (QED) is 0.153. The van der Waals surface area contributed by atoms with Gasteiger partial charge in [0.2, 0.25) is 0 Å². The minimum Gasteiger partial charge on any atom is -0.0654 e. The van der Waals surface area contributed by atoms with E-state index in [0.717, 1.165) is 11.3 Å². The lowest BCUT2D eigenvalue weighted by Gasteiger charge is -2.48. The lowest BCUT2D eigenvalue weighted by atomic mass is 9.57. The van der Waals surface area contributed by atoms with Crippen LogP contribution in [0.2, 0.25) is 0 Å². The zero-order valence-corrected chi connectivity index (χ0v) is 68.4. The van der Waals surface area contributed by atoms with Gasteiger partial charge in [-0.15, -0.1) is 0 Å². The van der Waals surface area contributed by atoms with Gasteiger partial charge in [-0.25, -0.2) is 0 Å². The van der Waals surface area contributed by atoms with Gasteiger partial charge < -0.3 is 0 Å². The third-order valence-corrected chi connectivity index (χ3v) is 31.3. The molecule has 0 unspecified atom stereocenters. The maximum Gasteiger partial charge on any atom is -0.0272 e. The molecule has 0 N–H and O–H groups in total. The standard InChI is InChI=1S/C13H26.2C12H24.2C11H22.3C10H20/c1-5-12(3,6-2)13(4)10-8-7-9-11-13;1-5-11(2,3)12(4)9-7-6-8-10-12;1-5-11(3,6-2)12(4)9-7-8-10-12;1-10(2,3)11(4)8-6-5-7-9-11;1-5-10(2,3)11(4)8-6-7-9-11;1-9(2,3)10(4)7-5-6-8-10;1-9(2)8-10(3)6-4-5-7-10;1-3-4-7-10(2)8-5-6-9-10/h5-11H2,1-4H3;2*5-10H2,1-4H3;2*5-9H2,1-4H3;5-8H2,1-4H3;9H,4-8H2,1-3H3;3-9H2,1-2H3. The van der Waals surface area contributed by atoms with E-state index in [-0.39, 0.29) is 0 Å². The first-order valence-corrected chi connectivity index (χ1v) is 41.0. The molecule has 89 heavy (non-hydrogen) atoms. The predicted octanol–water partition coefficient (Wildman–Crippen LogP) is 32.6. The number of hydrogen-bond donors (Lipinski definition) is 0. The molecule has 0 nitrogen and oxygen atoms in total. The highest BCUT2D eigenvalue weighted by Gasteiger charge is 2.46. The van der Waals surface area contributed by atoms with Crippen molar-refractivity contribution in [1.82, 2.24) is 0 Å². The normalized spacial score (nSPS) is 23.9. The van der Waals surface area contributed by atoms with Crippen LogP contribution in [-0.2, 0) is 0 Å². The predicted molar refractivity (Wildman–Crippen MR) is 410 cm³/mol.